The van der Waals surface area contributed by atoms with Crippen molar-refractivity contribution in [3.8, 4) is 11.6 Å². The smallest absolute Gasteiger partial charge is 0.166 e. The van der Waals surface area contributed by atoms with Crippen LogP contribution < -0.4 is 33.7 Å². The Labute approximate surface area is 266 Å². The number of rotatable bonds is 4. The number of hydrogen-bond donors (Lipinski definition) is 4. The van der Waals surface area contributed by atoms with Crippen molar-refractivity contribution in [3.05, 3.63) is 42.0 Å². The van der Waals surface area contributed by atoms with Gasteiger partial charge < -0.3 is 38.2 Å². The van der Waals surface area contributed by atoms with Crippen LogP contribution in [0, 0.1) is 0 Å². The summed E-state index contributed by atoms with van der Waals surface area (Å²) in [6.07, 6.45) is 8.00. The number of quaternary nitrogens is 1. The molecule has 0 aromatic carbocycles. The molecule has 0 spiro atoms. The summed E-state index contributed by atoms with van der Waals surface area (Å²) in [5.41, 5.74) is 1.52. The van der Waals surface area contributed by atoms with Crippen LogP contribution in [0.3, 0.4) is 0 Å². The first-order chi connectivity index (χ1) is 19.9. The first-order valence-electron chi connectivity index (χ1n) is 14.6. The van der Waals surface area contributed by atoms with Gasteiger partial charge in [-0.25, -0.2) is 14.3 Å². The Bertz CT molecular complexity index is 1130. The maximum absolute atomic E-state index is 5.35. The summed E-state index contributed by atoms with van der Waals surface area (Å²) >= 11 is 10.7. The molecule has 1 aliphatic heterocycles. The van der Waals surface area contributed by atoms with Gasteiger partial charge in [-0.3, -0.25) is 0 Å². The Balaban J connectivity index is 0.000000536. The van der Waals surface area contributed by atoms with E-state index in [0.717, 1.165) is 50.2 Å². The number of hydrogen-bond acceptors (Lipinski definition) is 7. The van der Waals surface area contributed by atoms with Gasteiger partial charge in [-0.15, -0.1) is 10.2 Å². The molecule has 4 heterocycles. The van der Waals surface area contributed by atoms with Gasteiger partial charge in [0.2, 0.25) is 0 Å². The highest BCUT2D eigenvalue weighted by atomic mass is 35.5. The topological polar surface area (TPSA) is 122 Å². The molecule has 6 bridgehead atoms. The second-order valence-corrected chi connectivity index (χ2v) is 10.7. The molecular formula is C27H45ClN12S2. The molecule has 1 aliphatic rings. The molecule has 12 nitrogen and oxygen atoms in total. The molecule has 3 aromatic heterocycles. The summed E-state index contributed by atoms with van der Waals surface area (Å²) in [5, 5.41) is 30.8. The Morgan fingerprint density at radius 1 is 0.690 bits per heavy atom. The van der Waals surface area contributed by atoms with E-state index in [0.29, 0.717) is 35.0 Å². The van der Waals surface area contributed by atoms with Crippen molar-refractivity contribution in [2.24, 2.45) is 0 Å². The maximum Gasteiger partial charge on any atom is 0.166 e. The molecule has 15 heteroatoms. The zero-order valence-corrected chi connectivity index (χ0v) is 27.5. The number of nitrogens with one attached hydrogen (secondary N) is 4. The van der Waals surface area contributed by atoms with E-state index in [1.807, 2.05) is 30.6 Å². The fourth-order valence-electron chi connectivity index (χ4n) is 4.47. The summed E-state index contributed by atoms with van der Waals surface area (Å²) in [7, 11) is 0. The average Bonchev–Trinajstić information content (AvgIpc) is 3.68. The zero-order chi connectivity index (χ0) is 29.5. The second kappa shape index (κ2) is 18.6. The lowest BCUT2D eigenvalue weighted by atomic mass is 10.2. The molecule has 0 atom stereocenters. The molecule has 0 aliphatic carbocycles. The van der Waals surface area contributed by atoms with E-state index < -0.39 is 0 Å². The fraction of sp³-hybridized carbons (Fsp3) is 0.593. The second-order valence-electron chi connectivity index (χ2n) is 9.90. The highest BCUT2D eigenvalue weighted by molar-refractivity contribution is 7.80. The lowest BCUT2D eigenvalue weighted by Gasteiger charge is -2.34. The van der Waals surface area contributed by atoms with Crippen LogP contribution in [0.5, 0.6) is 0 Å². The quantitative estimate of drug-likeness (QED) is 0.222. The van der Waals surface area contributed by atoms with Crippen molar-refractivity contribution in [1.82, 2.24) is 56.2 Å². The minimum Gasteiger partial charge on any atom is -1.00 e. The van der Waals surface area contributed by atoms with Crippen molar-refractivity contribution in [2.45, 2.75) is 66.5 Å². The van der Waals surface area contributed by atoms with Gasteiger partial charge in [0.15, 0.2) is 21.9 Å². The third-order valence-electron chi connectivity index (χ3n) is 7.49. The molecule has 0 radical (unpaired) electrons. The van der Waals surface area contributed by atoms with E-state index in [4.69, 9.17) is 24.4 Å². The van der Waals surface area contributed by atoms with Crippen molar-refractivity contribution in [1.29, 1.82) is 0 Å². The Morgan fingerprint density at radius 3 is 1.50 bits per heavy atom. The number of aromatic nitrogens is 7. The van der Waals surface area contributed by atoms with Crippen LogP contribution in [0.15, 0.2) is 30.6 Å². The summed E-state index contributed by atoms with van der Waals surface area (Å²) in [4.78, 5) is 4.62. The van der Waals surface area contributed by atoms with Gasteiger partial charge in [0.1, 0.15) is 11.4 Å². The minimum atomic E-state index is 0. The molecule has 0 saturated carbocycles. The molecule has 3 aromatic rings. The van der Waals surface area contributed by atoms with E-state index in [-0.39, 0.29) is 12.4 Å². The van der Waals surface area contributed by atoms with Gasteiger partial charge in [-0.2, -0.15) is 0 Å². The van der Waals surface area contributed by atoms with Crippen LogP contribution in [0.2, 0.25) is 0 Å². The summed E-state index contributed by atoms with van der Waals surface area (Å²) < 4.78 is 4.52. The first-order valence-corrected chi connectivity index (χ1v) is 15.4. The zero-order valence-electron chi connectivity index (χ0n) is 25.1. The molecular weight excluding hydrogens is 592 g/mol. The van der Waals surface area contributed by atoms with Crippen LogP contribution in [0.1, 0.15) is 64.8 Å². The fourth-order valence-corrected chi connectivity index (χ4v) is 4.81. The van der Waals surface area contributed by atoms with Crippen molar-refractivity contribution < 1.29 is 16.9 Å². The molecule has 4 rings (SSSR count). The number of nitrogens with zero attached hydrogens (tertiary/aromatic N) is 8. The summed E-state index contributed by atoms with van der Waals surface area (Å²) in [6.45, 7) is 16.9. The highest BCUT2D eigenvalue weighted by Gasteiger charge is 2.16. The van der Waals surface area contributed by atoms with E-state index >= 15 is 0 Å². The van der Waals surface area contributed by atoms with Gasteiger partial charge in [0.05, 0.1) is 51.7 Å². The summed E-state index contributed by atoms with van der Waals surface area (Å²) in [5.74, 6) is 1.25. The largest absolute Gasteiger partial charge is 1.00 e. The van der Waals surface area contributed by atoms with Crippen LogP contribution in [0.4, 0.5) is 0 Å². The van der Waals surface area contributed by atoms with Crippen LogP contribution in [-0.2, 0) is 13.1 Å². The van der Waals surface area contributed by atoms with E-state index in [1.54, 1.807) is 9.36 Å². The number of halogens is 1. The number of thiocarbonyl (C=S) groups is 2. The Morgan fingerprint density at radius 2 is 1.12 bits per heavy atom. The van der Waals surface area contributed by atoms with Gasteiger partial charge in [-0.05, 0) is 77.1 Å². The van der Waals surface area contributed by atoms with Gasteiger partial charge in [0.25, 0.3) is 0 Å². The van der Waals surface area contributed by atoms with E-state index in [2.05, 4.69) is 74.6 Å². The molecule has 0 amide bonds. The van der Waals surface area contributed by atoms with Crippen LogP contribution in [0.25, 0.3) is 11.6 Å². The number of pyridine rings is 1. The van der Waals surface area contributed by atoms with E-state index in [9.17, 15) is 0 Å². The first kappa shape index (κ1) is 35.3. The minimum absolute atomic E-state index is 0. The predicted octanol–water partition coefficient (Wildman–Crippen LogP) is -0.368. The third-order valence-corrected chi connectivity index (χ3v) is 8.07. The maximum atomic E-state index is 5.35. The van der Waals surface area contributed by atoms with Crippen LogP contribution in [-0.4, -0.2) is 88.9 Å². The third kappa shape index (κ3) is 11.0. The molecule has 42 heavy (non-hydrogen) atoms. The number of fused-ring (bicyclic) bond motifs is 8. The SMILES string of the molecule is CC[N+](CC)(CC)CC.S=C1NCCCCCCNC(=S)NCc2cn(nn2)-c2cccc(n2)-n2cc(nn2)CN1.[Cl-]. The molecule has 0 saturated heterocycles. The standard InChI is InChI=1S/C19H25N11S2.C8H20N.ClH/c31-18-20-8-3-1-2-4-9-21-19(32)23-11-15-13-30(28-26-15)17-7-5-6-16(24-17)29-12-14(10-22-18)25-27-29;1-5-9(6-2,7-3)8-4;/h5-7,12-13H,1-4,8-11H2,(H2,20,22,31)(H2,21,23,32);5-8H2,1-4H3;1H/q;+1;/p-1. The Hall–Kier alpha value is -2.94. The Kier molecular flexibility index (Phi) is 15.6. The highest BCUT2D eigenvalue weighted by Crippen LogP contribution is 2.09. The van der Waals surface area contributed by atoms with Crippen LogP contribution >= 0.6 is 24.4 Å². The lowest BCUT2D eigenvalue weighted by molar-refractivity contribution is -0.921. The van der Waals surface area contributed by atoms with Gasteiger partial charge in [0, 0.05) is 13.1 Å². The van der Waals surface area contributed by atoms with Crippen molar-refractivity contribution >= 4 is 34.7 Å². The predicted molar refractivity (Wildman–Crippen MR) is 170 cm³/mol. The van der Waals surface area contributed by atoms with E-state index in [1.165, 1.54) is 30.7 Å². The van der Waals surface area contributed by atoms with Gasteiger partial charge in [-0.1, -0.05) is 29.3 Å². The lowest BCUT2D eigenvalue weighted by Crippen LogP contribution is -3.00. The van der Waals surface area contributed by atoms with Gasteiger partial charge >= 0.3 is 0 Å². The molecule has 0 fully saturated rings. The molecule has 0 unspecified atom stereocenters. The molecule has 232 valence electrons. The average molecular weight is 637 g/mol. The normalized spacial score (nSPS) is 15.0. The monoisotopic (exact) mass is 636 g/mol. The molecule has 4 N–H and O–H groups in total. The van der Waals surface area contributed by atoms with Crippen molar-refractivity contribution in [2.75, 3.05) is 39.3 Å². The van der Waals surface area contributed by atoms with Crippen molar-refractivity contribution in [3.63, 3.8) is 0 Å². The summed E-state index contributed by atoms with van der Waals surface area (Å²) in [6, 6.07) is 5.59.